The van der Waals surface area contributed by atoms with E-state index in [0.29, 0.717) is 7.27 Å². The van der Waals surface area contributed by atoms with Gasteiger partial charge in [-0.25, -0.2) is 13.8 Å². The van der Waals surface area contributed by atoms with Crippen LogP contribution in [0.4, 0.5) is 8.78 Å². The van der Waals surface area contributed by atoms with E-state index in [1.54, 1.807) is 6.07 Å². The van der Waals surface area contributed by atoms with Crippen LogP contribution in [0.5, 0.6) is 0 Å². The van der Waals surface area contributed by atoms with Gasteiger partial charge in [0.25, 0.3) is 6.43 Å². The third kappa shape index (κ3) is 2.46. The smallest absolute Gasteiger partial charge is 0.230 e. The molecule has 0 aliphatic rings. The largest absolute Gasteiger partial charge is 0.266 e. The van der Waals surface area contributed by atoms with Crippen LogP contribution >= 0.6 is 45.2 Å². The molecule has 1 heterocycles. The highest BCUT2D eigenvalue weighted by Crippen LogP contribution is 2.25. The molecular weight excluding hydrogens is 404 g/mol. The fourth-order valence-corrected chi connectivity index (χ4v) is 1.59. The lowest BCUT2D eigenvalue weighted by molar-refractivity contribution is 0.150. The number of hydrogen-bond donors (Lipinski definition) is 0. The lowest BCUT2D eigenvalue weighted by Gasteiger charge is -2.03. The molecule has 0 aliphatic carbocycles. The first kappa shape index (κ1) is 11.0. The second kappa shape index (κ2) is 4.45. The lowest BCUT2D eigenvalue weighted by Crippen LogP contribution is -1.98. The van der Waals surface area contributed by atoms with Crippen LogP contribution in [0.15, 0.2) is 6.07 Å². The van der Waals surface area contributed by atoms with Crippen LogP contribution in [-0.4, -0.2) is 4.98 Å². The van der Waals surface area contributed by atoms with E-state index >= 15 is 0 Å². The minimum Gasteiger partial charge on any atom is -0.230 e. The predicted molar refractivity (Wildman–Crippen MR) is 59.3 cm³/mol. The maximum Gasteiger partial charge on any atom is 0.266 e. The van der Waals surface area contributed by atoms with Gasteiger partial charge in [-0.15, -0.1) is 0 Å². The Kier molecular flexibility index (Phi) is 3.78. The standard InChI is InChI=1S/C7H2F2I2N2/c8-6(9)3-1-4(10)7(11)13-5(3)2-12/h1,6H. The Morgan fingerprint density at radius 1 is 1.46 bits per heavy atom. The van der Waals surface area contributed by atoms with Gasteiger partial charge in [-0.2, -0.15) is 5.26 Å². The molecule has 0 aromatic carbocycles. The normalized spacial score (nSPS) is 10.2. The molecule has 2 nitrogen and oxygen atoms in total. The van der Waals surface area contributed by atoms with Gasteiger partial charge in [-0.3, -0.25) is 0 Å². The number of aromatic nitrogens is 1. The summed E-state index contributed by atoms with van der Waals surface area (Å²) in [4.78, 5) is 3.75. The highest BCUT2D eigenvalue weighted by molar-refractivity contribution is 14.1. The maximum absolute atomic E-state index is 12.3. The van der Waals surface area contributed by atoms with Crippen molar-refractivity contribution in [3.05, 3.63) is 24.6 Å². The number of alkyl halides is 2. The average molecular weight is 406 g/mol. The molecule has 6 heteroatoms. The summed E-state index contributed by atoms with van der Waals surface area (Å²) in [7, 11) is 0. The van der Waals surface area contributed by atoms with Crippen molar-refractivity contribution in [2.75, 3.05) is 0 Å². The summed E-state index contributed by atoms with van der Waals surface area (Å²) in [6.07, 6.45) is -2.65. The van der Waals surface area contributed by atoms with Crippen molar-refractivity contribution < 1.29 is 8.78 Å². The van der Waals surface area contributed by atoms with Gasteiger partial charge in [0.2, 0.25) is 0 Å². The monoisotopic (exact) mass is 406 g/mol. The van der Waals surface area contributed by atoms with Gasteiger partial charge >= 0.3 is 0 Å². The molecule has 68 valence electrons. The van der Waals surface area contributed by atoms with E-state index in [2.05, 4.69) is 4.98 Å². The number of nitriles is 1. The zero-order chi connectivity index (χ0) is 10.0. The van der Waals surface area contributed by atoms with Crippen molar-refractivity contribution in [3.63, 3.8) is 0 Å². The van der Waals surface area contributed by atoms with Crippen LogP contribution in [-0.2, 0) is 0 Å². The molecule has 0 radical (unpaired) electrons. The third-order valence-corrected chi connectivity index (χ3v) is 3.98. The number of hydrogen-bond acceptors (Lipinski definition) is 2. The summed E-state index contributed by atoms with van der Waals surface area (Å²) < 4.78 is 25.9. The number of halogens is 4. The van der Waals surface area contributed by atoms with Gasteiger partial charge < -0.3 is 0 Å². The molecule has 0 spiro atoms. The molecule has 0 saturated heterocycles. The number of rotatable bonds is 1. The van der Waals surface area contributed by atoms with Crippen molar-refractivity contribution in [3.8, 4) is 6.07 Å². The Morgan fingerprint density at radius 2 is 2.08 bits per heavy atom. The first-order valence-electron chi connectivity index (χ1n) is 3.10. The van der Waals surface area contributed by atoms with E-state index in [1.807, 2.05) is 45.2 Å². The zero-order valence-corrected chi connectivity index (χ0v) is 10.4. The van der Waals surface area contributed by atoms with Crippen molar-refractivity contribution in [2.45, 2.75) is 6.43 Å². The topological polar surface area (TPSA) is 36.7 Å². The van der Waals surface area contributed by atoms with E-state index < -0.39 is 6.43 Å². The summed E-state index contributed by atoms with van der Waals surface area (Å²) in [6, 6.07) is 2.94. The number of nitrogens with zero attached hydrogens (tertiary/aromatic N) is 2. The van der Waals surface area contributed by atoms with Crippen LogP contribution in [0, 0.1) is 18.6 Å². The van der Waals surface area contributed by atoms with Crippen LogP contribution in [0.25, 0.3) is 0 Å². The molecule has 0 fully saturated rings. The molecule has 1 aromatic heterocycles. The zero-order valence-electron chi connectivity index (χ0n) is 6.06. The lowest BCUT2D eigenvalue weighted by atomic mass is 10.2. The molecule has 0 atom stereocenters. The molecule has 1 rings (SSSR count). The van der Waals surface area contributed by atoms with E-state index in [9.17, 15) is 8.78 Å². The average Bonchev–Trinajstić information content (AvgIpc) is 2.08. The molecular formula is C7H2F2I2N2. The third-order valence-electron chi connectivity index (χ3n) is 1.30. The molecule has 1 aromatic rings. The highest BCUT2D eigenvalue weighted by atomic mass is 127. The molecule has 13 heavy (non-hydrogen) atoms. The molecule has 0 unspecified atom stereocenters. The van der Waals surface area contributed by atoms with Crippen molar-refractivity contribution in [2.24, 2.45) is 0 Å². The Labute approximate surface area is 101 Å². The summed E-state index contributed by atoms with van der Waals surface area (Å²) in [6.45, 7) is 0. The Bertz CT molecular complexity index is 373. The minimum atomic E-state index is -2.65. The van der Waals surface area contributed by atoms with Crippen LogP contribution < -0.4 is 0 Å². The molecule has 0 N–H and O–H groups in total. The molecule has 0 aliphatic heterocycles. The van der Waals surface area contributed by atoms with Crippen LogP contribution in [0.3, 0.4) is 0 Å². The van der Waals surface area contributed by atoms with Gasteiger partial charge in [-0.05, 0) is 51.2 Å². The summed E-state index contributed by atoms with van der Waals surface area (Å²) in [5, 5.41) is 8.53. The second-order valence-electron chi connectivity index (χ2n) is 2.11. The maximum atomic E-state index is 12.3. The van der Waals surface area contributed by atoms with E-state index in [0.717, 1.165) is 0 Å². The minimum absolute atomic E-state index is 0.195. The van der Waals surface area contributed by atoms with E-state index in [4.69, 9.17) is 5.26 Å². The summed E-state index contributed by atoms with van der Waals surface area (Å²) in [5.74, 6) is 0. The summed E-state index contributed by atoms with van der Waals surface area (Å²) >= 11 is 3.80. The Hall–Kier alpha value is -0.0400. The predicted octanol–water partition coefficient (Wildman–Crippen LogP) is 3.10. The SMILES string of the molecule is N#Cc1nc(I)c(I)cc1C(F)F. The van der Waals surface area contributed by atoms with Crippen LogP contribution in [0.2, 0.25) is 0 Å². The quantitative estimate of drug-likeness (QED) is 0.531. The van der Waals surface area contributed by atoms with Crippen LogP contribution in [0.1, 0.15) is 17.7 Å². The van der Waals surface area contributed by atoms with Gasteiger partial charge in [0, 0.05) is 3.57 Å². The van der Waals surface area contributed by atoms with E-state index in [1.165, 1.54) is 6.07 Å². The molecule has 0 bridgehead atoms. The Balaban J connectivity index is 3.35. The van der Waals surface area contributed by atoms with Crippen molar-refractivity contribution >= 4 is 45.2 Å². The summed E-state index contributed by atoms with van der Waals surface area (Å²) in [5.41, 5.74) is -0.493. The highest BCUT2D eigenvalue weighted by Gasteiger charge is 2.16. The fraction of sp³-hybridized carbons (Fsp3) is 0.143. The second-order valence-corrected chi connectivity index (χ2v) is 4.30. The van der Waals surface area contributed by atoms with Crippen molar-refractivity contribution in [1.82, 2.24) is 4.98 Å². The van der Waals surface area contributed by atoms with Gasteiger partial charge in [0.05, 0.1) is 5.56 Å². The van der Waals surface area contributed by atoms with Crippen molar-refractivity contribution in [1.29, 1.82) is 5.26 Å². The fourth-order valence-electron chi connectivity index (χ4n) is 0.736. The van der Waals surface area contributed by atoms with Gasteiger partial charge in [-0.1, -0.05) is 0 Å². The van der Waals surface area contributed by atoms with Gasteiger partial charge in [0.15, 0.2) is 5.69 Å². The first-order chi connectivity index (χ1) is 6.06. The first-order valence-corrected chi connectivity index (χ1v) is 5.26. The van der Waals surface area contributed by atoms with Gasteiger partial charge in [0.1, 0.15) is 9.77 Å². The Morgan fingerprint density at radius 3 is 2.54 bits per heavy atom. The number of pyridine rings is 1. The van der Waals surface area contributed by atoms with E-state index in [-0.39, 0.29) is 11.3 Å². The molecule has 0 amide bonds. The molecule has 0 saturated carbocycles.